The number of carboxylic acids is 1. The molecule has 0 aliphatic carbocycles. The van der Waals surface area contributed by atoms with E-state index in [0.29, 0.717) is 0 Å². The van der Waals surface area contributed by atoms with Crippen molar-refractivity contribution in [2.45, 2.75) is 0 Å². The molecule has 0 bridgehead atoms. The molecule has 0 fully saturated rings. The SMILES string of the molecule is O=C(O)C(CO)C(=O)CF. The summed E-state index contributed by atoms with van der Waals surface area (Å²) < 4.78 is 11.5. The summed E-state index contributed by atoms with van der Waals surface area (Å²) in [4.78, 5) is 20.3. The van der Waals surface area contributed by atoms with Crippen molar-refractivity contribution in [3.8, 4) is 0 Å². The fraction of sp³-hybridized carbons (Fsp3) is 0.600. The average Bonchev–Trinajstić information content (AvgIpc) is 1.88. The monoisotopic (exact) mass is 150 g/mol. The number of halogens is 1. The summed E-state index contributed by atoms with van der Waals surface area (Å²) in [5.74, 6) is -4.20. The maximum absolute atomic E-state index is 11.5. The van der Waals surface area contributed by atoms with Gasteiger partial charge in [-0.15, -0.1) is 0 Å². The van der Waals surface area contributed by atoms with E-state index in [0.717, 1.165) is 0 Å². The Hall–Kier alpha value is -0.970. The number of aliphatic hydroxyl groups excluding tert-OH is 1. The minimum absolute atomic E-state index is 0.849. The number of aliphatic hydroxyl groups is 1. The predicted octanol–water partition coefficient (Wildman–Crippen LogP) is -0.782. The smallest absolute Gasteiger partial charge is 0.316 e. The highest BCUT2D eigenvalue weighted by Gasteiger charge is 2.24. The van der Waals surface area contributed by atoms with Crippen LogP contribution >= 0.6 is 0 Å². The van der Waals surface area contributed by atoms with Crippen molar-refractivity contribution in [2.24, 2.45) is 5.92 Å². The number of aliphatic carboxylic acids is 1. The van der Waals surface area contributed by atoms with Crippen LogP contribution in [0, 0.1) is 5.92 Å². The first kappa shape index (κ1) is 9.03. The molecule has 0 spiro atoms. The van der Waals surface area contributed by atoms with E-state index in [-0.39, 0.29) is 0 Å². The Bertz CT molecular complexity index is 145. The van der Waals surface area contributed by atoms with Gasteiger partial charge >= 0.3 is 5.97 Å². The van der Waals surface area contributed by atoms with Gasteiger partial charge in [0.2, 0.25) is 0 Å². The van der Waals surface area contributed by atoms with Gasteiger partial charge < -0.3 is 10.2 Å². The zero-order valence-electron chi connectivity index (χ0n) is 5.08. The molecule has 0 aliphatic heterocycles. The molecule has 0 heterocycles. The van der Waals surface area contributed by atoms with Crippen LogP contribution in [0.3, 0.4) is 0 Å². The number of carbonyl (C=O) groups excluding carboxylic acids is 1. The molecule has 0 rings (SSSR count). The van der Waals surface area contributed by atoms with E-state index in [2.05, 4.69) is 0 Å². The molecule has 0 radical (unpaired) electrons. The first-order chi connectivity index (χ1) is 4.63. The van der Waals surface area contributed by atoms with Crippen LogP contribution in [0.1, 0.15) is 0 Å². The first-order valence-electron chi connectivity index (χ1n) is 2.55. The largest absolute Gasteiger partial charge is 0.481 e. The van der Waals surface area contributed by atoms with Gasteiger partial charge in [-0.1, -0.05) is 0 Å². The predicted molar refractivity (Wildman–Crippen MR) is 29.2 cm³/mol. The maximum atomic E-state index is 11.5. The molecule has 1 atom stereocenters. The second kappa shape index (κ2) is 3.94. The number of carbonyl (C=O) groups is 2. The number of Topliss-reactive ketones (excluding diaryl/α,β-unsaturated/α-hetero) is 1. The van der Waals surface area contributed by atoms with Crippen molar-refractivity contribution in [1.82, 2.24) is 0 Å². The van der Waals surface area contributed by atoms with Crippen LogP contribution in [0.5, 0.6) is 0 Å². The van der Waals surface area contributed by atoms with Crippen LogP contribution in [-0.2, 0) is 9.59 Å². The van der Waals surface area contributed by atoms with Gasteiger partial charge in [0, 0.05) is 0 Å². The zero-order chi connectivity index (χ0) is 8.15. The molecular weight excluding hydrogens is 143 g/mol. The van der Waals surface area contributed by atoms with Gasteiger partial charge in [-0.05, 0) is 0 Å². The van der Waals surface area contributed by atoms with Crippen molar-refractivity contribution < 1.29 is 24.2 Å². The minimum Gasteiger partial charge on any atom is -0.481 e. The van der Waals surface area contributed by atoms with Crippen molar-refractivity contribution >= 4 is 11.8 Å². The number of alkyl halides is 1. The summed E-state index contributed by atoms with van der Waals surface area (Å²) in [6, 6.07) is 0. The van der Waals surface area contributed by atoms with Crippen molar-refractivity contribution in [3.63, 3.8) is 0 Å². The third-order valence-electron chi connectivity index (χ3n) is 1.00. The van der Waals surface area contributed by atoms with E-state index >= 15 is 0 Å². The third kappa shape index (κ3) is 2.10. The molecule has 2 N–H and O–H groups in total. The van der Waals surface area contributed by atoms with Gasteiger partial charge in [0.05, 0.1) is 6.61 Å². The molecule has 1 unspecified atom stereocenters. The van der Waals surface area contributed by atoms with Crippen LogP contribution in [0.15, 0.2) is 0 Å². The fourth-order valence-electron chi connectivity index (χ4n) is 0.411. The van der Waals surface area contributed by atoms with Crippen LogP contribution in [0.2, 0.25) is 0 Å². The van der Waals surface area contributed by atoms with Crippen LogP contribution in [0.25, 0.3) is 0 Å². The van der Waals surface area contributed by atoms with Gasteiger partial charge in [0.15, 0.2) is 5.78 Å². The first-order valence-corrected chi connectivity index (χ1v) is 2.55. The van der Waals surface area contributed by atoms with Crippen molar-refractivity contribution in [3.05, 3.63) is 0 Å². The Morgan fingerprint density at radius 1 is 1.50 bits per heavy atom. The number of ketones is 1. The van der Waals surface area contributed by atoms with Gasteiger partial charge in [0.1, 0.15) is 12.6 Å². The molecule has 0 amide bonds. The van der Waals surface area contributed by atoms with Gasteiger partial charge in [0.25, 0.3) is 0 Å². The quantitative estimate of drug-likeness (QED) is 0.515. The fourth-order valence-corrected chi connectivity index (χ4v) is 0.411. The lowest BCUT2D eigenvalue weighted by Gasteiger charge is -2.02. The highest BCUT2D eigenvalue weighted by atomic mass is 19.1. The van der Waals surface area contributed by atoms with E-state index in [1.807, 2.05) is 0 Å². The second-order valence-electron chi connectivity index (χ2n) is 1.67. The number of hydrogen-bond acceptors (Lipinski definition) is 3. The summed E-state index contributed by atoms with van der Waals surface area (Å²) in [7, 11) is 0. The lowest BCUT2D eigenvalue weighted by molar-refractivity contribution is -0.148. The molecule has 0 saturated heterocycles. The average molecular weight is 150 g/mol. The summed E-state index contributed by atoms with van der Waals surface area (Å²) in [6.45, 7) is -2.20. The molecule has 5 heteroatoms. The molecule has 0 aromatic carbocycles. The molecule has 0 aromatic heterocycles. The molecule has 0 saturated carbocycles. The molecule has 58 valence electrons. The normalized spacial score (nSPS) is 12.6. The second-order valence-corrected chi connectivity index (χ2v) is 1.67. The molecule has 0 aliphatic rings. The van der Waals surface area contributed by atoms with Gasteiger partial charge in [-0.2, -0.15) is 0 Å². The number of hydrogen-bond donors (Lipinski definition) is 2. The van der Waals surface area contributed by atoms with E-state index in [1.54, 1.807) is 0 Å². The molecule has 0 aromatic rings. The molecule has 4 nitrogen and oxygen atoms in total. The lowest BCUT2D eigenvalue weighted by Crippen LogP contribution is -2.28. The highest BCUT2D eigenvalue weighted by Crippen LogP contribution is 1.97. The molecular formula is C5H7FO4. The van der Waals surface area contributed by atoms with Crippen LogP contribution in [-0.4, -0.2) is 35.2 Å². The Morgan fingerprint density at radius 2 is 2.00 bits per heavy atom. The van der Waals surface area contributed by atoms with Gasteiger partial charge in [-0.3, -0.25) is 9.59 Å². The number of rotatable bonds is 4. The Labute approximate surface area is 56.3 Å². The molecule has 10 heavy (non-hydrogen) atoms. The van der Waals surface area contributed by atoms with Crippen LogP contribution < -0.4 is 0 Å². The summed E-state index contributed by atoms with van der Waals surface area (Å²) >= 11 is 0. The Morgan fingerprint density at radius 3 is 2.10 bits per heavy atom. The van der Waals surface area contributed by atoms with E-state index in [4.69, 9.17) is 10.2 Å². The lowest BCUT2D eigenvalue weighted by atomic mass is 10.1. The summed E-state index contributed by atoms with van der Waals surface area (Å²) in [5, 5.41) is 16.4. The topological polar surface area (TPSA) is 74.6 Å². The van der Waals surface area contributed by atoms with E-state index in [1.165, 1.54) is 0 Å². The van der Waals surface area contributed by atoms with Crippen molar-refractivity contribution in [1.29, 1.82) is 0 Å². The van der Waals surface area contributed by atoms with E-state index in [9.17, 15) is 14.0 Å². The maximum Gasteiger partial charge on any atom is 0.316 e. The zero-order valence-corrected chi connectivity index (χ0v) is 5.08. The third-order valence-corrected chi connectivity index (χ3v) is 1.00. The standard InChI is InChI=1S/C5H7FO4/c6-1-4(8)3(2-7)5(9)10/h3,7H,1-2H2,(H,9,10). The Balaban J connectivity index is 4.06. The van der Waals surface area contributed by atoms with Crippen molar-refractivity contribution in [2.75, 3.05) is 13.3 Å². The highest BCUT2D eigenvalue weighted by molar-refractivity contribution is 5.98. The van der Waals surface area contributed by atoms with Crippen LogP contribution in [0.4, 0.5) is 4.39 Å². The van der Waals surface area contributed by atoms with Gasteiger partial charge in [-0.25, -0.2) is 4.39 Å². The summed E-state index contributed by atoms with van der Waals surface area (Å²) in [5.41, 5.74) is 0. The minimum atomic E-state index is -1.61. The summed E-state index contributed by atoms with van der Waals surface area (Å²) in [6.07, 6.45) is 0. The number of carboxylic acid groups (broad SMARTS) is 1. The van der Waals surface area contributed by atoms with E-state index < -0.39 is 31.0 Å². The Kier molecular flexibility index (Phi) is 3.56.